The lowest BCUT2D eigenvalue weighted by Gasteiger charge is -1.92. The lowest BCUT2D eigenvalue weighted by molar-refractivity contribution is -0.162. The number of aliphatic carboxylic acids is 1. The van der Waals surface area contributed by atoms with Crippen LogP contribution >= 0.6 is 0 Å². The monoisotopic (exact) mass is 147 g/mol. The first-order valence-corrected chi connectivity index (χ1v) is 2.24. The quantitative estimate of drug-likeness (QED) is 0.173. The summed E-state index contributed by atoms with van der Waals surface area (Å²) >= 11 is 0. The molecule has 0 spiro atoms. The molecule has 10 heavy (non-hydrogen) atoms. The fraction of sp³-hybridized carbons (Fsp3) is 0.250. The third kappa shape index (κ3) is 3.42. The van der Waals surface area contributed by atoms with Crippen molar-refractivity contribution in [2.75, 3.05) is 6.61 Å². The fourth-order valence-corrected chi connectivity index (χ4v) is 0.208. The number of carboxylic acids is 1. The largest absolute Gasteiger partial charge is 0.473 e. The molecular weight excluding hydrogens is 142 g/mol. The van der Waals surface area contributed by atoms with Crippen molar-refractivity contribution in [3.05, 3.63) is 0 Å². The minimum absolute atomic E-state index is 0.346. The summed E-state index contributed by atoms with van der Waals surface area (Å²) in [6.07, 6.45) is 0.848. The zero-order valence-corrected chi connectivity index (χ0v) is 4.85. The zero-order valence-electron chi connectivity index (χ0n) is 4.85. The number of carboxylic acid groups (broad SMARTS) is 1. The van der Waals surface area contributed by atoms with Crippen molar-refractivity contribution in [3.63, 3.8) is 0 Å². The third-order valence-corrected chi connectivity index (χ3v) is 0.545. The predicted octanol–water partition coefficient (Wildman–Crippen LogP) is -0.926. The van der Waals surface area contributed by atoms with Gasteiger partial charge in [0.25, 0.3) is 0 Å². The Bertz CT molecular complexity index is 163. The zero-order chi connectivity index (χ0) is 7.98. The van der Waals surface area contributed by atoms with Crippen LogP contribution in [0.25, 0.3) is 0 Å². The van der Waals surface area contributed by atoms with Crippen molar-refractivity contribution in [1.82, 2.24) is 0 Å². The maximum absolute atomic E-state index is 10.1. The van der Waals surface area contributed by atoms with Crippen LogP contribution in [0.1, 0.15) is 0 Å². The standard InChI is InChI=1S/C4H5NO5/c6-3(7)4(8)10-2-1-5-9/h1,9H,2H2,(H,6,7). The first-order valence-electron chi connectivity index (χ1n) is 2.24. The Morgan fingerprint density at radius 2 is 2.20 bits per heavy atom. The Kier molecular flexibility index (Phi) is 3.62. The number of nitrogens with zero attached hydrogens (tertiary/aromatic N) is 1. The lowest BCUT2D eigenvalue weighted by Crippen LogP contribution is -2.17. The topological polar surface area (TPSA) is 96.2 Å². The molecule has 0 amide bonds. The lowest BCUT2D eigenvalue weighted by atomic mass is 10.7. The summed E-state index contributed by atoms with van der Waals surface area (Å²) in [5.41, 5.74) is 0. The van der Waals surface area contributed by atoms with Crippen LogP contribution in [0, 0.1) is 0 Å². The number of carbonyl (C=O) groups is 2. The van der Waals surface area contributed by atoms with Crippen LogP contribution in [0.4, 0.5) is 0 Å². The average Bonchev–Trinajstić information content (AvgIpc) is 1.88. The van der Waals surface area contributed by atoms with Crippen molar-refractivity contribution < 1.29 is 24.6 Å². The molecule has 0 aromatic carbocycles. The van der Waals surface area contributed by atoms with Gasteiger partial charge in [-0.1, -0.05) is 5.16 Å². The van der Waals surface area contributed by atoms with Crippen molar-refractivity contribution in [2.45, 2.75) is 0 Å². The van der Waals surface area contributed by atoms with E-state index in [0.717, 1.165) is 6.21 Å². The van der Waals surface area contributed by atoms with E-state index < -0.39 is 11.9 Å². The van der Waals surface area contributed by atoms with Gasteiger partial charge in [-0.15, -0.1) is 0 Å². The number of oxime groups is 1. The van der Waals surface area contributed by atoms with Crippen LogP contribution in [-0.2, 0) is 14.3 Å². The summed E-state index contributed by atoms with van der Waals surface area (Å²) in [6, 6.07) is 0. The highest BCUT2D eigenvalue weighted by atomic mass is 16.6. The maximum atomic E-state index is 10.1. The molecule has 56 valence electrons. The first kappa shape index (κ1) is 8.41. The average molecular weight is 147 g/mol. The number of ether oxygens (including phenoxy) is 1. The van der Waals surface area contributed by atoms with E-state index in [1.165, 1.54) is 0 Å². The van der Waals surface area contributed by atoms with Crippen LogP contribution in [0.15, 0.2) is 5.16 Å². The van der Waals surface area contributed by atoms with Crippen molar-refractivity contribution in [3.8, 4) is 0 Å². The van der Waals surface area contributed by atoms with E-state index in [1.807, 2.05) is 0 Å². The number of carbonyl (C=O) groups excluding carboxylic acids is 1. The highest BCUT2D eigenvalue weighted by Crippen LogP contribution is 1.75. The summed E-state index contributed by atoms with van der Waals surface area (Å²) in [4.78, 5) is 19.8. The fourth-order valence-electron chi connectivity index (χ4n) is 0.208. The van der Waals surface area contributed by atoms with Gasteiger partial charge in [-0.2, -0.15) is 0 Å². The molecule has 6 heteroatoms. The highest BCUT2D eigenvalue weighted by Gasteiger charge is 2.10. The second-order valence-electron chi connectivity index (χ2n) is 1.20. The molecule has 0 saturated carbocycles. The second-order valence-corrected chi connectivity index (χ2v) is 1.20. The molecule has 0 heterocycles. The summed E-state index contributed by atoms with van der Waals surface area (Å²) in [6.45, 7) is -0.346. The van der Waals surface area contributed by atoms with Gasteiger partial charge in [0.05, 0.1) is 6.21 Å². The molecular formula is C4H5NO5. The van der Waals surface area contributed by atoms with E-state index in [2.05, 4.69) is 9.89 Å². The van der Waals surface area contributed by atoms with Gasteiger partial charge in [0.15, 0.2) is 0 Å². The molecule has 0 aromatic heterocycles. The van der Waals surface area contributed by atoms with Crippen LogP contribution in [0.3, 0.4) is 0 Å². The number of hydrogen-bond donors (Lipinski definition) is 2. The normalized spacial score (nSPS) is 9.60. The maximum Gasteiger partial charge on any atom is 0.417 e. The summed E-state index contributed by atoms with van der Waals surface area (Å²) in [7, 11) is 0. The molecule has 0 aliphatic rings. The molecule has 0 fully saturated rings. The Labute approximate surface area is 55.7 Å². The Morgan fingerprint density at radius 3 is 2.60 bits per heavy atom. The summed E-state index contributed by atoms with van der Waals surface area (Å²) < 4.78 is 4.00. The predicted molar refractivity (Wildman–Crippen MR) is 28.9 cm³/mol. The van der Waals surface area contributed by atoms with Gasteiger partial charge in [0.1, 0.15) is 6.61 Å². The number of rotatable bonds is 2. The molecule has 0 rings (SSSR count). The first-order chi connectivity index (χ1) is 4.68. The summed E-state index contributed by atoms with van der Waals surface area (Å²) in [5, 5.41) is 18.1. The van der Waals surface area contributed by atoms with Gasteiger partial charge in [-0.05, 0) is 0 Å². The van der Waals surface area contributed by atoms with E-state index >= 15 is 0 Å². The molecule has 2 N–H and O–H groups in total. The van der Waals surface area contributed by atoms with Crippen LogP contribution in [0.2, 0.25) is 0 Å². The van der Waals surface area contributed by atoms with Gasteiger partial charge < -0.3 is 15.1 Å². The smallest absolute Gasteiger partial charge is 0.417 e. The number of hydrogen-bond acceptors (Lipinski definition) is 5. The van der Waals surface area contributed by atoms with Gasteiger partial charge in [-0.25, -0.2) is 9.59 Å². The van der Waals surface area contributed by atoms with E-state index in [1.54, 1.807) is 0 Å². The van der Waals surface area contributed by atoms with Gasteiger partial charge in [0.2, 0.25) is 0 Å². The van der Waals surface area contributed by atoms with Crippen molar-refractivity contribution >= 4 is 18.2 Å². The van der Waals surface area contributed by atoms with Gasteiger partial charge >= 0.3 is 11.9 Å². The molecule has 0 saturated heterocycles. The van der Waals surface area contributed by atoms with E-state index in [-0.39, 0.29) is 6.61 Å². The van der Waals surface area contributed by atoms with Gasteiger partial charge in [-0.3, -0.25) is 0 Å². The van der Waals surface area contributed by atoms with Crippen LogP contribution < -0.4 is 0 Å². The summed E-state index contributed by atoms with van der Waals surface area (Å²) in [5.74, 6) is -3.05. The molecule has 0 radical (unpaired) electrons. The molecule has 0 bridgehead atoms. The molecule has 0 atom stereocenters. The van der Waals surface area contributed by atoms with Crippen molar-refractivity contribution in [2.24, 2.45) is 5.16 Å². The molecule has 0 aromatic rings. The Morgan fingerprint density at radius 1 is 1.60 bits per heavy atom. The molecule has 0 aliphatic heterocycles. The highest BCUT2D eigenvalue weighted by molar-refractivity contribution is 6.28. The molecule has 0 aliphatic carbocycles. The molecule has 6 nitrogen and oxygen atoms in total. The van der Waals surface area contributed by atoms with E-state index in [0.29, 0.717) is 0 Å². The Balaban J connectivity index is 3.50. The van der Waals surface area contributed by atoms with E-state index in [9.17, 15) is 9.59 Å². The minimum atomic E-state index is -1.67. The number of esters is 1. The SMILES string of the molecule is O=C(O)C(=O)OCC=NO. The second kappa shape index (κ2) is 4.30. The van der Waals surface area contributed by atoms with Crippen molar-refractivity contribution in [1.29, 1.82) is 0 Å². The van der Waals surface area contributed by atoms with Crippen LogP contribution in [-0.4, -0.2) is 35.1 Å². The third-order valence-electron chi connectivity index (χ3n) is 0.545. The Hall–Kier alpha value is -1.59. The van der Waals surface area contributed by atoms with Gasteiger partial charge in [0, 0.05) is 0 Å². The molecule has 0 unspecified atom stereocenters. The van der Waals surface area contributed by atoms with E-state index in [4.69, 9.17) is 10.3 Å². The minimum Gasteiger partial charge on any atom is -0.473 e. The van der Waals surface area contributed by atoms with Crippen LogP contribution in [0.5, 0.6) is 0 Å².